The van der Waals surface area contributed by atoms with Crippen molar-refractivity contribution in [3.63, 3.8) is 0 Å². The second-order valence-corrected chi connectivity index (χ2v) is 7.71. The van der Waals surface area contributed by atoms with E-state index in [4.69, 9.17) is 5.11 Å². The van der Waals surface area contributed by atoms with Crippen LogP contribution in [0.1, 0.15) is 13.8 Å². The van der Waals surface area contributed by atoms with Gasteiger partial charge in [-0.3, -0.25) is 4.79 Å². The van der Waals surface area contributed by atoms with E-state index in [0.717, 1.165) is 4.47 Å². The number of benzene rings is 1. The summed E-state index contributed by atoms with van der Waals surface area (Å²) in [5, 5.41) is 9.02. The normalized spacial score (nSPS) is 13.5. The summed E-state index contributed by atoms with van der Waals surface area (Å²) in [4.78, 5) is 11.0. The lowest BCUT2D eigenvalue weighted by atomic mass is 10.1. The van der Waals surface area contributed by atoms with Crippen molar-refractivity contribution in [2.45, 2.75) is 24.8 Å². The van der Waals surface area contributed by atoms with Crippen LogP contribution in [0.3, 0.4) is 0 Å². The molecule has 1 aromatic carbocycles. The molecule has 0 saturated heterocycles. The standard InChI is InChI=1S/C11H13Br2NO4S/c1-6(2)10(11(15)16)14-19(17,18)9-4-3-7(12)5-8(9)13/h3-6,10,14H,1-2H3,(H,15,16)/t10-/m0/s1. The predicted molar refractivity (Wildman–Crippen MR) is 78.4 cm³/mol. The maximum absolute atomic E-state index is 12.2. The van der Waals surface area contributed by atoms with E-state index in [1.807, 2.05) is 0 Å². The number of carboxylic acids is 1. The lowest BCUT2D eigenvalue weighted by Crippen LogP contribution is -2.44. The fourth-order valence-electron chi connectivity index (χ4n) is 1.40. The molecule has 0 radical (unpaired) electrons. The largest absolute Gasteiger partial charge is 0.480 e. The molecule has 1 rings (SSSR count). The maximum Gasteiger partial charge on any atom is 0.322 e. The first-order chi connectivity index (χ1) is 8.65. The maximum atomic E-state index is 12.2. The number of carbonyl (C=O) groups is 1. The zero-order valence-electron chi connectivity index (χ0n) is 10.2. The average Bonchev–Trinajstić information content (AvgIpc) is 2.24. The number of sulfonamides is 1. The summed E-state index contributed by atoms with van der Waals surface area (Å²) in [6, 6.07) is 3.39. The first-order valence-corrected chi connectivity index (χ1v) is 8.42. The van der Waals surface area contributed by atoms with Gasteiger partial charge in [0.2, 0.25) is 10.0 Å². The fourth-order valence-corrected chi connectivity index (χ4v) is 4.48. The van der Waals surface area contributed by atoms with Crippen LogP contribution in [0, 0.1) is 5.92 Å². The molecule has 0 amide bonds. The second kappa shape index (κ2) is 6.34. The molecule has 106 valence electrons. The number of carboxylic acid groups (broad SMARTS) is 1. The summed E-state index contributed by atoms with van der Waals surface area (Å²) in [5.74, 6) is -1.56. The van der Waals surface area contributed by atoms with Gasteiger partial charge in [-0.25, -0.2) is 8.42 Å². The van der Waals surface area contributed by atoms with Gasteiger partial charge in [0.05, 0.1) is 4.90 Å². The second-order valence-electron chi connectivity index (χ2n) is 4.26. The Morgan fingerprint density at radius 2 is 1.89 bits per heavy atom. The van der Waals surface area contributed by atoms with Gasteiger partial charge in [0.15, 0.2) is 0 Å². The topological polar surface area (TPSA) is 83.5 Å². The summed E-state index contributed by atoms with van der Waals surface area (Å²) in [6.45, 7) is 3.27. The highest BCUT2D eigenvalue weighted by atomic mass is 79.9. The molecule has 19 heavy (non-hydrogen) atoms. The Morgan fingerprint density at radius 1 is 1.32 bits per heavy atom. The third kappa shape index (κ3) is 4.27. The molecule has 8 heteroatoms. The van der Waals surface area contributed by atoms with Crippen molar-refractivity contribution in [1.82, 2.24) is 4.72 Å². The summed E-state index contributed by atoms with van der Waals surface area (Å²) >= 11 is 6.37. The van der Waals surface area contributed by atoms with Crippen molar-refractivity contribution in [3.05, 3.63) is 27.1 Å². The van der Waals surface area contributed by atoms with E-state index in [1.165, 1.54) is 6.07 Å². The van der Waals surface area contributed by atoms with Crippen molar-refractivity contribution in [1.29, 1.82) is 0 Å². The van der Waals surface area contributed by atoms with Crippen molar-refractivity contribution in [2.24, 2.45) is 5.92 Å². The zero-order valence-corrected chi connectivity index (χ0v) is 14.2. The van der Waals surface area contributed by atoms with Crippen LogP contribution in [0.4, 0.5) is 0 Å². The number of aliphatic carboxylic acids is 1. The molecule has 0 aromatic heterocycles. The van der Waals surface area contributed by atoms with Crippen LogP contribution in [-0.2, 0) is 14.8 Å². The number of halogens is 2. The highest BCUT2D eigenvalue weighted by Crippen LogP contribution is 2.26. The number of nitrogens with one attached hydrogen (secondary N) is 1. The molecule has 5 nitrogen and oxygen atoms in total. The Labute approximate surface area is 128 Å². The summed E-state index contributed by atoms with van der Waals surface area (Å²) in [7, 11) is -3.90. The van der Waals surface area contributed by atoms with Gasteiger partial charge in [0.25, 0.3) is 0 Å². The lowest BCUT2D eigenvalue weighted by Gasteiger charge is -2.18. The van der Waals surface area contributed by atoms with Crippen LogP contribution in [0.25, 0.3) is 0 Å². The molecule has 2 N–H and O–H groups in total. The van der Waals surface area contributed by atoms with Crippen molar-refractivity contribution >= 4 is 47.9 Å². The Morgan fingerprint density at radius 3 is 2.32 bits per heavy atom. The number of hydrogen-bond acceptors (Lipinski definition) is 3. The Hall–Kier alpha value is -0.440. The molecule has 0 fully saturated rings. The molecule has 0 heterocycles. The minimum Gasteiger partial charge on any atom is -0.480 e. The Bertz CT molecular complexity index is 586. The van der Waals surface area contributed by atoms with Gasteiger partial charge in [0, 0.05) is 8.95 Å². The lowest BCUT2D eigenvalue weighted by molar-refractivity contribution is -0.140. The van der Waals surface area contributed by atoms with Crippen LogP contribution >= 0.6 is 31.9 Å². The third-order valence-electron chi connectivity index (χ3n) is 2.40. The quantitative estimate of drug-likeness (QED) is 0.775. The summed E-state index contributed by atoms with van der Waals surface area (Å²) in [6.07, 6.45) is 0. The molecule has 0 unspecified atom stereocenters. The molecule has 0 saturated carbocycles. The van der Waals surface area contributed by atoms with E-state index in [1.54, 1.807) is 26.0 Å². The SMILES string of the molecule is CC(C)[C@H](NS(=O)(=O)c1ccc(Br)cc1Br)C(=O)O. The van der Waals surface area contributed by atoms with Gasteiger partial charge in [-0.2, -0.15) is 4.72 Å². The molecule has 1 aromatic rings. The molecule has 0 aliphatic heterocycles. The monoisotopic (exact) mass is 413 g/mol. The number of rotatable bonds is 5. The fraction of sp³-hybridized carbons (Fsp3) is 0.364. The van der Waals surface area contributed by atoms with E-state index < -0.39 is 22.0 Å². The summed E-state index contributed by atoms with van der Waals surface area (Å²) < 4.78 is 27.6. The zero-order chi connectivity index (χ0) is 14.8. The molecule has 0 spiro atoms. The van der Waals surface area contributed by atoms with Gasteiger partial charge >= 0.3 is 5.97 Å². The van der Waals surface area contributed by atoms with Crippen molar-refractivity contribution < 1.29 is 18.3 Å². The number of hydrogen-bond donors (Lipinski definition) is 2. The Kier molecular flexibility index (Phi) is 5.54. The summed E-state index contributed by atoms with van der Waals surface area (Å²) in [5.41, 5.74) is 0. The van der Waals surface area contributed by atoms with E-state index in [9.17, 15) is 13.2 Å². The highest BCUT2D eigenvalue weighted by Gasteiger charge is 2.29. The first kappa shape index (κ1) is 16.6. The Balaban J connectivity index is 3.14. The van der Waals surface area contributed by atoms with E-state index in [0.29, 0.717) is 4.47 Å². The third-order valence-corrected chi connectivity index (χ3v) is 5.31. The highest BCUT2D eigenvalue weighted by molar-refractivity contribution is 9.11. The van der Waals surface area contributed by atoms with Crippen LogP contribution in [0.2, 0.25) is 0 Å². The van der Waals surface area contributed by atoms with Gasteiger partial charge in [-0.15, -0.1) is 0 Å². The predicted octanol–water partition coefficient (Wildman–Crippen LogP) is 2.60. The molecular weight excluding hydrogens is 402 g/mol. The molecule has 1 atom stereocenters. The van der Waals surface area contributed by atoms with Gasteiger partial charge in [-0.05, 0) is 40.0 Å². The van der Waals surface area contributed by atoms with E-state index in [-0.39, 0.29) is 10.8 Å². The molecule has 0 aliphatic carbocycles. The minimum absolute atomic E-state index is 0.00241. The average molecular weight is 415 g/mol. The first-order valence-electron chi connectivity index (χ1n) is 5.35. The van der Waals surface area contributed by atoms with Crippen LogP contribution in [-0.4, -0.2) is 25.5 Å². The minimum atomic E-state index is -3.90. The smallest absolute Gasteiger partial charge is 0.322 e. The van der Waals surface area contributed by atoms with Gasteiger partial charge in [0.1, 0.15) is 6.04 Å². The van der Waals surface area contributed by atoms with Crippen LogP contribution < -0.4 is 4.72 Å². The van der Waals surface area contributed by atoms with Crippen LogP contribution in [0.15, 0.2) is 32.0 Å². The molecule has 0 bridgehead atoms. The molecular formula is C11H13Br2NO4S. The van der Waals surface area contributed by atoms with E-state index >= 15 is 0 Å². The van der Waals surface area contributed by atoms with E-state index in [2.05, 4.69) is 36.6 Å². The van der Waals surface area contributed by atoms with Gasteiger partial charge in [-0.1, -0.05) is 29.8 Å². The molecule has 0 aliphatic rings. The van der Waals surface area contributed by atoms with Crippen LogP contribution in [0.5, 0.6) is 0 Å². The van der Waals surface area contributed by atoms with Crippen molar-refractivity contribution in [3.8, 4) is 0 Å². The van der Waals surface area contributed by atoms with Gasteiger partial charge < -0.3 is 5.11 Å². The van der Waals surface area contributed by atoms with Crippen molar-refractivity contribution in [2.75, 3.05) is 0 Å².